The predicted molar refractivity (Wildman–Crippen MR) is 106 cm³/mol. The fraction of sp³-hybridized carbons (Fsp3) is 0.529. The van der Waals surface area contributed by atoms with Crippen molar-refractivity contribution in [2.24, 2.45) is 0 Å². The van der Waals surface area contributed by atoms with Crippen molar-refractivity contribution in [3.63, 3.8) is 0 Å². The molecule has 0 bridgehead atoms. The number of rotatable bonds is 7. The molecule has 6 nitrogen and oxygen atoms in total. The van der Waals surface area contributed by atoms with Crippen LogP contribution >= 0.6 is 28.3 Å². The predicted octanol–water partition coefficient (Wildman–Crippen LogP) is 2.98. The number of halogens is 2. The number of benzene rings is 1. The summed E-state index contributed by atoms with van der Waals surface area (Å²) in [5.74, 6) is 0.106. The van der Waals surface area contributed by atoms with E-state index in [1.165, 1.54) is 0 Å². The van der Waals surface area contributed by atoms with Gasteiger partial charge < -0.3 is 20.9 Å². The molecule has 1 aliphatic heterocycles. The first kappa shape index (κ1) is 21.7. The van der Waals surface area contributed by atoms with Gasteiger partial charge in [0.15, 0.2) is 0 Å². The van der Waals surface area contributed by atoms with Gasteiger partial charge in [-0.3, -0.25) is 4.79 Å². The van der Waals surface area contributed by atoms with E-state index in [4.69, 9.17) is 0 Å². The van der Waals surface area contributed by atoms with Crippen LogP contribution in [-0.4, -0.2) is 49.1 Å². The van der Waals surface area contributed by atoms with E-state index in [2.05, 4.69) is 38.8 Å². The highest BCUT2D eigenvalue weighted by Gasteiger charge is 2.25. The Bertz CT molecular complexity index is 550. The van der Waals surface area contributed by atoms with Gasteiger partial charge >= 0.3 is 6.03 Å². The third kappa shape index (κ3) is 7.22. The van der Waals surface area contributed by atoms with Crippen LogP contribution < -0.4 is 16.0 Å². The molecule has 3 amide bonds. The number of hydrogen-bond acceptors (Lipinski definition) is 3. The lowest BCUT2D eigenvalue weighted by Gasteiger charge is -2.28. The fourth-order valence-electron chi connectivity index (χ4n) is 2.79. The number of nitrogens with one attached hydrogen (secondary N) is 3. The molecule has 8 heteroatoms. The number of hydrogen-bond donors (Lipinski definition) is 3. The average Bonchev–Trinajstić information content (AvgIpc) is 3.08. The van der Waals surface area contributed by atoms with Crippen LogP contribution in [0.1, 0.15) is 26.2 Å². The molecular formula is C17H26BrClN4O2. The minimum Gasteiger partial charge on any atom is -0.338 e. The van der Waals surface area contributed by atoms with Gasteiger partial charge in [-0.05, 0) is 43.7 Å². The molecule has 3 N–H and O–H groups in total. The van der Waals surface area contributed by atoms with Crippen LogP contribution in [0, 0.1) is 0 Å². The van der Waals surface area contributed by atoms with Crippen LogP contribution in [-0.2, 0) is 4.79 Å². The largest absolute Gasteiger partial charge is 0.338 e. The molecule has 1 fully saturated rings. The van der Waals surface area contributed by atoms with Gasteiger partial charge in [-0.25, -0.2) is 4.79 Å². The summed E-state index contributed by atoms with van der Waals surface area (Å²) in [5.41, 5.74) is 0.715. The van der Waals surface area contributed by atoms with Crippen molar-refractivity contribution >= 4 is 46.0 Å². The normalized spacial score (nSPS) is 16.0. The van der Waals surface area contributed by atoms with E-state index in [1.807, 2.05) is 29.2 Å². The molecule has 1 heterocycles. The molecule has 1 aromatic rings. The van der Waals surface area contributed by atoms with Gasteiger partial charge in [0, 0.05) is 42.3 Å². The highest BCUT2D eigenvalue weighted by molar-refractivity contribution is 9.10. The van der Waals surface area contributed by atoms with Crippen molar-refractivity contribution in [3.8, 4) is 0 Å². The number of carbonyl (C=O) groups is 2. The summed E-state index contributed by atoms with van der Waals surface area (Å²) in [6.45, 7) is 5.01. The summed E-state index contributed by atoms with van der Waals surface area (Å²) in [7, 11) is 0. The molecule has 0 saturated carbocycles. The van der Waals surface area contributed by atoms with E-state index in [0.717, 1.165) is 36.9 Å². The van der Waals surface area contributed by atoms with Gasteiger partial charge in [0.1, 0.15) is 0 Å². The van der Waals surface area contributed by atoms with E-state index in [-0.39, 0.29) is 30.4 Å². The van der Waals surface area contributed by atoms with Gasteiger partial charge in [0.05, 0.1) is 0 Å². The second-order valence-electron chi connectivity index (χ2n) is 5.87. The van der Waals surface area contributed by atoms with Crippen LogP contribution in [0.3, 0.4) is 0 Å². The quantitative estimate of drug-likeness (QED) is 0.619. The van der Waals surface area contributed by atoms with Crippen molar-refractivity contribution in [3.05, 3.63) is 28.7 Å². The van der Waals surface area contributed by atoms with E-state index in [1.54, 1.807) is 0 Å². The van der Waals surface area contributed by atoms with E-state index in [0.29, 0.717) is 18.7 Å². The van der Waals surface area contributed by atoms with E-state index >= 15 is 0 Å². The number of anilines is 1. The number of amides is 3. The van der Waals surface area contributed by atoms with Gasteiger partial charge in [-0.15, -0.1) is 12.4 Å². The first-order valence-electron chi connectivity index (χ1n) is 8.40. The number of nitrogens with zero attached hydrogens (tertiary/aromatic N) is 1. The maximum Gasteiger partial charge on any atom is 0.319 e. The van der Waals surface area contributed by atoms with Gasteiger partial charge in [-0.2, -0.15) is 0 Å². The third-order valence-electron chi connectivity index (χ3n) is 3.99. The van der Waals surface area contributed by atoms with E-state index in [9.17, 15) is 9.59 Å². The number of carbonyl (C=O) groups excluding carboxylic acids is 2. The Hall–Kier alpha value is -1.31. The minimum atomic E-state index is -0.297. The lowest BCUT2D eigenvalue weighted by molar-refractivity contribution is -0.133. The summed E-state index contributed by atoms with van der Waals surface area (Å²) < 4.78 is 0.955. The molecule has 1 aliphatic rings. The molecule has 25 heavy (non-hydrogen) atoms. The Morgan fingerprint density at radius 2 is 2.04 bits per heavy atom. The lowest BCUT2D eigenvalue weighted by atomic mass is 10.2. The Morgan fingerprint density at radius 1 is 1.32 bits per heavy atom. The van der Waals surface area contributed by atoms with Crippen molar-refractivity contribution in [1.82, 2.24) is 15.5 Å². The summed E-state index contributed by atoms with van der Waals surface area (Å²) in [4.78, 5) is 26.2. The first-order chi connectivity index (χ1) is 11.6. The van der Waals surface area contributed by atoms with Gasteiger partial charge in [0.25, 0.3) is 0 Å². The lowest BCUT2D eigenvalue weighted by Crippen LogP contribution is -2.43. The molecule has 0 spiro atoms. The van der Waals surface area contributed by atoms with Crippen LogP contribution in [0.15, 0.2) is 28.7 Å². The Morgan fingerprint density at radius 3 is 2.64 bits per heavy atom. The molecule has 1 atom stereocenters. The van der Waals surface area contributed by atoms with Crippen LogP contribution in [0.2, 0.25) is 0 Å². The Labute approximate surface area is 163 Å². The highest BCUT2D eigenvalue weighted by Crippen LogP contribution is 2.14. The SMILES string of the molecule is CCCN(C(=O)CCNC(=O)Nc1ccc(Br)cc1)C1CCNC1.Cl. The second-order valence-corrected chi connectivity index (χ2v) is 6.79. The third-order valence-corrected chi connectivity index (χ3v) is 4.52. The topological polar surface area (TPSA) is 73.5 Å². The summed E-state index contributed by atoms with van der Waals surface area (Å²) in [5, 5.41) is 8.78. The fourth-order valence-corrected chi connectivity index (χ4v) is 3.06. The summed E-state index contributed by atoms with van der Waals surface area (Å²) in [6, 6.07) is 7.33. The zero-order valence-electron chi connectivity index (χ0n) is 14.4. The number of urea groups is 1. The molecule has 1 aromatic carbocycles. The van der Waals surface area contributed by atoms with Crippen LogP contribution in [0.25, 0.3) is 0 Å². The van der Waals surface area contributed by atoms with E-state index < -0.39 is 0 Å². The monoisotopic (exact) mass is 432 g/mol. The molecule has 0 aromatic heterocycles. The Kier molecular flexibility index (Phi) is 9.85. The average molecular weight is 434 g/mol. The summed E-state index contributed by atoms with van der Waals surface area (Å²) in [6.07, 6.45) is 2.27. The maximum atomic E-state index is 12.4. The van der Waals surface area contributed by atoms with Gasteiger partial charge in [-0.1, -0.05) is 22.9 Å². The van der Waals surface area contributed by atoms with Crippen molar-refractivity contribution in [2.45, 2.75) is 32.2 Å². The molecule has 140 valence electrons. The van der Waals surface area contributed by atoms with Crippen molar-refractivity contribution in [1.29, 1.82) is 0 Å². The molecular weight excluding hydrogens is 408 g/mol. The first-order valence-corrected chi connectivity index (χ1v) is 9.20. The molecule has 2 rings (SSSR count). The molecule has 1 saturated heterocycles. The van der Waals surface area contributed by atoms with Crippen molar-refractivity contribution in [2.75, 3.05) is 31.5 Å². The zero-order chi connectivity index (χ0) is 17.4. The summed E-state index contributed by atoms with van der Waals surface area (Å²) >= 11 is 3.35. The maximum absolute atomic E-state index is 12.4. The zero-order valence-corrected chi connectivity index (χ0v) is 16.8. The van der Waals surface area contributed by atoms with Crippen LogP contribution in [0.4, 0.5) is 10.5 Å². The highest BCUT2D eigenvalue weighted by atomic mass is 79.9. The Balaban J connectivity index is 0.00000312. The second kappa shape index (κ2) is 11.3. The van der Waals surface area contributed by atoms with Crippen molar-refractivity contribution < 1.29 is 9.59 Å². The molecule has 0 radical (unpaired) electrons. The van der Waals surface area contributed by atoms with Gasteiger partial charge in [0.2, 0.25) is 5.91 Å². The molecule has 1 unspecified atom stereocenters. The minimum absolute atomic E-state index is 0. The standard InChI is InChI=1S/C17H25BrN4O2.ClH/c1-2-11-22(15-7-9-19-12-15)16(23)8-10-20-17(24)21-14-5-3-13(18)4-6-14;/h3-6,15,19H,2,7-12H2,1H3,(H2,20,21,24);1H. The molecule has 0 aliphatic carbocycles. The van der Waals surface area contributed by atoms with Crippen LogP contribution in [0.5, 0.6) is 0 Å². The smallest absolute Gasteiger partial charge is 0.319 e.